The number of rotatable bonds is 28. The van der Waals surface area contributed by atoms with Crippen LogP contribution in [-0.4, -0.2) is 108 Å². The van der Waals surface area contributed by atoms with Crippen molar-refractivity contribution in [1.29, 1.82) is 5.41 Å². The summed E-state index contributed by atoms with van der Waals surface area (Å²) in [5, 5.41) is 22.0. The zero-order chi connectivity index (χ0) is 74.7. The fourth-order valence-electron chi connectivity index (χ4n) is 12.0. The summed E-state index contributed by atoms with van der Waals surface area (Å²) in [5.74, 6) is -9.09. The number of nitrogens with two attached hydrogens (primary N) is 3. The lowest BCUT2D eigenvalue weighted by Gasteiger charge is -2.21. The number of anilines is 4. The van der Waals surface area contributed by atoms with E-state index in [1.54, 1.807) is 127 Å². The highest BCUT2D eigenvalue weighted by atomic mass is 16.5. The van der Waals surface area contributed by atoms with Crippen molar-refractivity contribution < 1.29 is 76.3 Å². The number of carbonyl (C=O) groups is 8. The van der Waals surface area contributed by atoms with Gasteiger partial charge in [-0.3, -0.25) is 38.4 Å². The quantitative estimate of drug-likeness (QED) is 0.0149. The van der Waals surface area contributed by atoms with Crippen molar-refractivity contribution in [3.8, 4) is 23.0 Å². The first-order valence-electron chi connectivity index (χ1n) is 33.4. The summed E-state index contributed by atoms with van der Waals surface area (Å²) in [6.07, 6.45) is 24.2. The maximum Gasteiger partial charge on any atom is 0.310 e. The van der Waals surface area contributed by atoms with Gasteiger partial charge in [0.05, 0.1) is 115 Å². The smallest absolute Gasteiger partial charge is 0.310 e. The normalized spacial score (nSPS) is 24.5. The van der Waals surface area contributed by atoms with Gasteiger partial charge in [0.2, 0.25) is 23.6 Å². The molecule has 11 N–H and O–H groups in total. The monoisotopic (exact) mass is 1410 g/mol. The topological polar surface area (TPSA) is 360 Å². The van der Waals surface area contributed by atoms with Gasteiger partial charge < -0.3 is 81.8 Å². The highest BCUT2D eigenvalue weighted by Crippen LogP contribution is 2.47. The van der Waals surface area contributed by atoms with Crippen LogP contribution in [0.25, 0.3) is 22.3 Å². The molecule has 4 saturated carbocycles. The molecular formula is C80H84N8O16. The minimum Gasteiger partial charge on any atom is -0.496 e. The highest BCUT2D eigenvalue weighted by Gasteiger charge is 2.52. The van der Waals surface area contributed by atoms with Gasteiger partial charge in [0.25, 0.3) is 0 Å². The van der Waals surface area contributed by atoms with Crippen LogP contribution in [0.4, 0.5) is 22.7 Å². The molecule has 0 heterocycles. The second-order valence-electron chi connectivity index (χ2n) is 24.7. The fourth-order valence-corrected chi connectivity index (χ4v) is 12.0. The molecule has 0 bridgehead atoms. The number of nitrogens with one attached hydrogen (secondary N) is 5. The lowest BCUT2D eigenvalue weighted by Crippen LogP contribution is -2.22. The molecule has 540 valence electrons. The Hall–Kier alpha value is -12.5. The van der Waals surface area contributed by atoms with Crippen molar-refractivity contribution in [2.75, 3.05) is 76.1 Å². The van der Waals surface area contributed by atoms with E-state index < -0.39 is 94.8 Å². The van der Waals surface area contributed by atoms with Gasteiger partial charge in [0, 0.05) is 39.4 Å². The first kappa shape index (κ1) is 75.7. The summed E-state index contributed by atoms with van der Waals surface area (Å²) in [6.45, 7) is 14.2. The predicted molar refractivity (Wildman–Crippen MR) is 397 cm³/mol. The van der Waals surface area contributed by atoms with Crippen molar-refractivity contribution in [3.63, 3.8) is 0 Å². The van der Waals surface area contributed by atoms with Crippen LogP contribution in [0.3, 0.4) is 0 Å². The minimum atomic E-state index is -0.799. The number of benzene rings is 4. The molecule has 4 amide bonds. The molecule has 0 saturated heterocycles. The van der Waals surface area contributed by atoms with Gasteiger partial charge in [-0.05, 0) is 116 Å². The molecule has 8 atom stereocenters. The molecule has 24 nitrogen and oxygen atoms in total. The zero-order valence-corrected chi connectivity index (χ0v) is 58.2. The number of carbonyl (C=O) groups excluding carboxylic acids is 8. The van der Waals surface area contributed by atoms with E-state index in [1.165, 1.54) is 64.9 Å². The van der Waals surface area contributed by atoms with Crippen LogP contribution in [0.2, 0.25) is 0 Å². The van der Waals surface area contributed by atoms with Gasteiger partial charge in [-0.15, -0.1) is 0 Å². The third kappa shape index (κ3) is 18.4. The van der Waals surface area contributed by atoms with Crippen LogP contribution in [0.5, 0.6) is 23.0 Å². The fraction of sp³-hybridized carbons (Fsp3) is 0.263. The average molecular weight is 1410 g/mol. The van der Waals surface area contributed by atoms with Crippen LogP contribution >= 0.6 is 0 Å². The third-order valence-corrected chi connectivity index (χ3v) is 17.7. The van der Waals surface area contributed by atoms with Crippen LogP contribution in [0.1, 0.15) is 54.4 Å². The van der Waals surface area contributed by atoms with E-state index in [2.05, 4.69) is 47.6 Å². The largest absolute Gasteiger partial charge is 0.496 e. The number of esters is 4. The van der Waals surface area contributed by atoms with Gasteiger partial charge in [-0.1, -0.05) is 117 Å². The molecule has 0 spiro atoms. The van der Waals surface area contributed by atoms with Crippen LogP contribution in [0.15, 0.2) is 207 Å². The SMILES string of the molecule is C=CCOC(=O)C1CC1C(=O)Nc1cccc(NC(=O)C2CC2C(=O)OCC=C)c1\C1=C(N)/C=C\C=C(/c2c(OC)cccc2OC)C\C=C/C(N)=C(c2c(NC(=O)C3CC3C(=O)OCC=C)cccc2NC(=O)C2CC2C(=O)OCC=C)/C(N)=C/C=C/C(c2c(OC)cccc2OC)=C/C=C\C1=N. The minimum absolute atomic E-state index is 0.00205. The van der Waals surface area contributed by atoms with E-state index in [0.29, 0.717) is 45.3 Å². The zero-order valence-electron chi connectivity index (χ0n) is 58.2. The van der Waals surface area contributed by atoms with Gasteiger partial charge in [-0.25, -0.2) is 0 Å². The molecule has 9 rings (SSSR count). The molecule has 4 fully saturated rings. The molecule has 104 heavy (non-hydrogen) atoms. The Balaban J connectivity index is 1.25. The van der Waals surface area contributed by atoms with Crippen molar-refractivity contribution in [3.05, 3.63) is 230 Å². The summed E-state index contributed by atoms with van der Waals surface area (Å²) in [6, 6.07) is 19.9. The molecule has 4 aromatic carbocycles. The van der Waals surface area contributed by atoms with E-state index >= 15 is 0 Å². The molecule has 5 aliphatic rings. The van der Waals surface area contributed by atoms with E-state index in [4.69, 9.17) is 55.1 Å². The van der Waals surface area contributed by atoms with Crippen molar-refractivity contribution in [2.24, 2.45) is 64.5 Å². The van der Waals surface area contributed by atoms with Gasteiger partial charge in [0.15, 0.2) is 0 Å². The Morgan fingerprint density at radius 1 is 0.423 bits per heavy atom. The highest BCUT2D eigenvalue weighted by molar-refractivity contribution is 6.32. The Kier molecular flexibility index (Phi) is 25.6. The molecular weight excluding hydrogens is 1330 g/mol. The maximum atomic E-state index is 14.3. The van der Waals surface area contributed by atoms with E-state index in [0.717, 1.165) is 0 Å². The number of hydrogen-bond donors (Lipinski definition) is 8. The molecule has 0 radical (unpaired) electrons. The Morgan fingerprint density at radius 3 is 1.13 bits per heavy atom. The molecule has 0 aliphatic heterocycles. The number of ether oxygens (including phenoxy) is 8. The van der Waals surface area contributed by atoms with Crippen LogP contribution in [0, 0.1) is 52.8 Å². The first-order valence-corrected chi connectivity index (χ1v) is 33.4. The van der Waals surface area contributed by atoms with Crippen LogP contribution < -0.4 is 57.4 Å². The summed E-state index contributed by atoms with van der Waals surface area (Å²) in [7, 11) is 5.95. The Morgan fingerprint density at radius 2 is 0.760 bits per heavy atom. The number of allylic oxidation sites excluding steroid dienone is 15. The van der Waals surface area contributed by atoms with Crippen molar-refractivity contribution in [1.82, 2.24) is 0 Å². The van der Waals surface area contributed by atoms with Crippen LogP contribution in [-0.2, 0) is 57.3 Å². The van der Waals surface area contributed by atoms with Crippen molar-refractivity contribution in [2.45, 2.75) is 32.1 Å². The molecule has 24 heteroatoms. The Labute approximate surface area is 602 Å². The Bertz CT molecular complexity index is 4230. The van der Waals surface area contributed by atoms with Crippen molar-refractivity contribution >= 4 is 98.3 Å². The maximum absolute atomic E-state index is 14.3. The number of hydrogen-bond acceptors (Lipinski definition) is 20. The number of methoxy groups -OCH3 is 4. The van der Waals surface area contributed by atoms with Gasteiger partial charge in [0.1, 0.15) is 49.4 Å². The van der Waals surface area contributed by atoms with Gasteiger partial charge in [-0.2, -0.15) is 0 Å². The third-order valence-electron chi connectivity index (χ3n) is 17.7. The summed E-state index contributed by atoms with van der Waals surface area (Å²) < 4.78 is 44.9. The molecule has 8 unspecified atom stereocenters. The van der Waals surface area contributed by atoms with E-state index in [-0.39, 0.29) is 126 Å². The molecule has 0 aromatic heterocycles. The number of amides is 4. The van der Waals surface area contributed by atoms with E-state index in [9.17, 15) is 43.8 Å². The summed E-state index contributed by atoms with van der Waals surface area (Å²) >= 11 is 0. The summed E-state index contributed by atoms with van der Waals surface area (Å²) in [4.78, 5) is 109. The second-order valence-corrected chi connectivity index (χ2v) is 24.7. The lowest BCUT2D eigenvalue weighted by molar-refractivity contribution is -0.145. The molecule has 4 aromatic rings. The second kappa shape index (κ2) is 35.2. The lowest BCUT2D eigenvalue weighted by atomic mass is 9.93. The first-order chi connectivity index (χ1) is 50.2. The van der Waals surface area contributed by atoms with E-state index in [1.807, 2.05) is 0 Å². The standard InChI is InChI=1S/C80H84N8O16/c1-9-37-101-77(93)51-41-47(51)73(89)85-59-29-17-30-60(86-74(90)48-42-52(48)78(94)102-38-10-2)71(59)69-55(81)25-13-21-45(67-63(97-5)33-19-34-64(67)98-6)23-15-27-57(83)70(58(84)28-16-24-46(22-14-26-56(69)82)68-65(99-7)35-20-36-66(68)100-8)72-61(87-75(91)49-43-53(49)79(95)103-39-11-3)31-18-32-62(72)88-76(92)50-44-54(50)80(96)104-40-12-4/h9-23,25-36,47-54,81H,1-4,24,37-44,82-84H2,5-8H3,(H,85,89)(H,86,90)(H,87,91)(H,88,92)/b23-15+,25-13-,26-14-,28-16-,45-21-,46-22-,57-27-,69-56+,70-58+,81-55?. The average Bonchev–Trinajstić information content (AvgIpc) is 1.76. The predicted octanol–water partition coefficient (Wildman–Crippen LogP) is 10.6. The molecule has 5 aliphatic carbocycles. The van der Waals surface area contributed by atoms with Gasteiger partial charge >= 0.3 is 23.9 Å². The summed E-state index contributed by atoms with van der Waals surface area (Å²) in [5.41, 5.74) is 24.4.